The Morgan fingerprint density at radius 1 is 1.47 bits per heavy atom. The van der Waals surface area contributed by atoms with Crippen molar-refractivity contribution < 1.29 is 14.3 Å². The van der Waals surface area contributed by atoms with Crippen LogP contribution in [0.2, 0.25) is 0 Å². The van der Waals surface area contributed by atoms with Gasteiger partial charge in [0.2, 0.25) is 0 Å². The second-order valence-electron chi connectivity index (χ2n) is 3.57. The van der Waals surface area contributed by atoms with E-state index in [1.807, 2.05) is 18.2 Å². The summed E-state index contributed by atoms with van der Waals surface area (Å²) in [4.78, 5) is 4.05. The highest BCUT2D eigenvalue weighted by Gasteiger charge is 2.06. The van der Waals surface area contributed by atoms with Crippen molar-refractivity contribution in [3.05, 3.63) is 41.8 Å². The van der Waals surface area contributed by atoms with Gasteiger partial charge in [-0.05, 0) is 23.8 Å². The fraction of sp³-hybridized carbons (Fsp3) is 0.214. The van der Waals surface area contributed by atoms with Crippen LogP contribution in [-0.4, -0.2) is 23.8 Å². The lowest BCUT2D eigenvalue weighted by molar-refractivity contribution is 0.350. The van der Waals surface area contributed by atoms with Gasteiger partial charge in [-0.25, -0.2) is 4.98 Å². The minimum absolute atomic E-state index is 0.154. The van der Waals surface area contributed by atoms with Gasteiger partial charge in [0.25, 0.3) is 5.22 Å². The maximum atomic E-state index is 8.77. The summed E-state index contributed by atoms with van der Waals surface area (Å²) in [6.45, 7) is -0.154. The molecular weight excluding hydrogens is 262 g/mol. The number of oxazole rings is 1. The topological polar surface area (TPSA) is 55.5 Å². The molecule has 0 saturated carbocycles. The minimum atomic E-state index is -0.154. The summed E-state index contributed by atoms with van der Waals surface area (Å²) in [5.41, 5.74) is 1.89. The summed E-state index contributed by atoms with van der Waals surface area (Å²) >= 11 is 1.48. The molecule has 19 heavy (non-hydrogen) atoms. The molecule has 98 valence electrons. The van der Waals surface area contributed by atoms with Crippen LogP contribution in [0, 0.1) is 11.8 Å². The fourth-order valence-corrected chi connectivity index (χ4v) is 2.27. The predicted molar refractivity (Wildman–Crippen MR) is 73.0 cm³/mol. The molecule has 0 fully saturated rings. The lowest BCUT2D eigenvalue weighted by Gasteiger charge is -2.06. The third-order valence-corrected chi connectivity index (χ3v) is 3.28. The van der Waals surface area contributed by atoms with Crippen LogP contribution in [0.1, 0.15) is 11.1 Å². The Kier molecular flexibility index (Phi) is 4.90. The van der Waals surface area contributed by atoms with Gasteiger partial charge in [0, 0.05) is 11.3 Å². The van der Waals surface area contributed by atoms with Crippen LogP contribution in [0.15, 0.2) is 40.3 Å². The lowest BCUT2D eigenvalue weighted by atomic mass is 10.1. The molecule has 0 unspecified atom stereocenters. The maximum Gasteiger partial charge on any atom is 0.255 e. The highest BCUT2D eigenvalue weighted by atomic mass is 32.2. The zero-order chi connectivity index (χ0) is 13.5. The number of aliphatic hydroxyl groups excluding tert-OH is 1. The van der Waals surface area contributed by atoms with E-state index in [-0.39, 0.29) is 6.61 Å². The molecule has 0 aliphatic carbocycles. The quantitative estimate of drug-likeness (QED) is 0.685. The maximum absolute atomic E-state index is 8.77. The second-order valence-corrected chi connectivity index (χ2v) is 4.50. The van der Waals surface area contributed by atoms with Gasteiger partial charge in [0.15, 0.2) is 0 Å². The van der Waals surface area contributed by atoms with Gasteiger partial charge in [-0.3, -0.25) is 0 Å². The fourth-order valence-electron chi connectivity index (χ4n) is 1.49. The number of benzene rings is 1. The van der Waals surface area contributed by atoms with Crippen molar-refractivity contribution >= 4 is 11.8 Å². The number of nitrogens with zero attached hydrogens (tertiary/aromatic N) is 1. The standard InChI is InChI=1S/C14H13NO3S/c1-17-13-5-4-11(3-2-7-16)12(9-13)10-19-14-15-6-8-18-14/h4-6,8-9,16H,7,10H2,1H3. The monoisotopic (exact) mass is 275 g/mol. The van der Waals surface area contributed by atoms with Crippen molar-refractivity contribution in [2.45, 2.75) is 11.0 Å². The summed E-state index contributed by atoms with van der Waals surface area (Å²) in [6, 6.07) is 5.66. The van der Waals surface area contributed by atoms with Gasteiger partial charge in [0.05, 0.1) is 13.3 Å². The van der Waals surface area contributed by atoms with Crippen LogP contribution in [0.4, 0.5) is 0 Å². The molecule has 0 atom stereocenters. The van der Waals surface area contributed by atoms with Gasteiger partial charge >= 0.3 is 0 Å². The Labute approximate surface area is 115 Å². The van der Waals surface area contributed by atoms with E-state index in [0.29, 0.717) is 11.0 Å². The van der Waals surface area contributed by atoms with Crippen molar-refractivity contribution in [2.24, 2.45) is 0 Å². The average Bonchev–Trinajstić information content (AvgIpc) is 2.96. The largest absolute Gasteiger partial charge is 0.497 e. The molecule has 1 aromatic heterocycles. The van der Waals surface area contributed by atoms with Crippen LogP contribution in [0.25, 0.3) is 0 Å². The highest BCUT2D eigenvalue weighted by Crippen LogP contribution is 2.25. The summed E-state index contributed by atoms with van der Waals surface area (Å²) in [5, 5.41) is 9.39. The minimum Gasteiger partial charge on any atom is -0.497 e. The molecule has 5 heteroatoms. The number of hydrogen-bond donors (Lipinski definition) is 1. The Bertz CT molecular complexity index is 584. The van der Waals surface area contributed by atoms with Crippen molar-refractivity contribution in [1.29, 1.82) is 0 Å². The van der Waals surface area contributed by atoms with E-state index in [2.05, 4.69) is 16.8 Å². The molecule has 0 aliphatic rings. The Morgan fingerprint density at radius 3 is 3.05 bits per heavy atom. The van der Waals surface area contributed by atoms with E-state index in [9.17, 15) is 0 Å². The number of aromatic nitrogens is 1. The van der Waals surface area contributed by atoms with Crippen LogP contribution >= 0.6 is 11.8 Å². The summed E-state index contributed by atoms with van der Waals surface area (Å²) in [6.07, 6.45) is 3.15. The van der Waals surface area contributed by atoms with Gasteiger partial charge in [-0.1, -0.05) is 23.6 Å². The molecule has 0 aliphatic heterocycles. The van der Waals surface area contributed by atoms with Crippen molar-refractivity contribution in [3.63, 3.8) is 0 Å². The first kappa shape index (κ1) is 13.5. The van der Waals surface area contributed by atoms with E-state index in [1.165, 1.54) is 11.8 Å². The van der Waals surface area contributed by atoms with Crippen LogP contribution < -0.4 is 4.74 Å². The lowest BCUT2D eigenvalue weighted by Crippen LogP contribution is -1.91. The van der Waals surface area contributed by atoms with Gasteiger partial charge in [0.1, 0.15) is 18.6 Å². The predicted octanol–water partition coefficient (Wildman–Crippen LogP) is 2.32. The zero-order valence-electron chi connectivity index (χ0n) is 10.4. The number of ether oxygens (including phenoxy) is 1. The Morgan fingerprint density at radius 2 is 2.37 bits per heavy atom. The molecule has 0 radical (unpaired) electrons. The van der Waals surface area contributed by atoms with Crippen molar-refractivity contribution in [3.8, 4) is 17.6 Å². The first-order valence-corrected chi connectivity index (χ1v) is 6.61. The molecule has 0 bridgehead atoms. The SMILES string of the molecule is COc1ccc(C#CCO)c(CSc2ncco2)c1. The molecule has 1 heterocycles. The number of thioether (sulfide) groups is 1. The van der Waals surface area contributed by atoms with E-state index < -0.39 is 0 Å². The van der Waals surface area contributed by atoms with Gasteiger partial charge < -0.3 is 14.3 Å². The number of aliphatic hydroxyl groups is 1. The van der Waals surface area contributed by atoms with Gasteiger partial charge in [-0.2, -0.15) is 0 Å². The second kappa shape index (κ2) is 6.88. The molecular formula is C14H13NO3S. The zero-order valence-corrected chi connectivity index (χ0v) is 11.2. The summed E-state index contributed by atoms with van der Waals surface area (Å²) < 4.78 is 10.4. The molecule has 2 rings (SSSR count). The third kappa shape index (κ3) is 3.78. The average molecular weight is 275 g/mol. The first-order chi connectivity index (χ1) is 9.33. The molecule has 0 saturated heterocycles. The highest BCUT2D eigenvalue weighted by molar-refractivity contribution is 7.98. The number of rotatable bonds is 4. The van der Waals surface area contributed by atoms with Crippen LogP contribution in [-0.2, 0) is 5.75 Å². The number of hydrogen-bond acceptors (Lipinski definition) is 5. The van der Waals surface area contributed by atoms with E-state index in [0.717, 1.165) is 16.9 Å². The summed E-state index contributed by atoms with van der Waals surface area (Å²) in [7, 11) is 1.62. The van der Waals surface area contributed by atoms with Crippen molar-refractivity contribution in [2.75, 3.05) is 13.7 Å². The molecule has 2 aromatic rings. The normalized spacial score (nSPS) is 9.79. The third-order valence-electron chi connectivity index (χ3n) is 2.38. The molecule has 4 nitrogen and oxygen atoms in total. The molecule has 0 amide bonds. The smallest absolute Gasteiger partial charge is 0.255 e. The first-order valence-electron chi connectivity index (χ1n) is 5.62. The Hall–Kier alpha value is -1.90. The van der Waals surface area contributed by atoms with E-state index in [4.69, 9.17) is 14.3 Å². The summed E-state index contributed by atoms with van der Waals surface area (Å²) in [5.74, 6) is 7.03. The van der Waals surface area contributed by atoms with Crippen LogP contribution in [0.5, 0.6) is 5.75 Å². The van der Waals surface area contributed by atoms with E-state index >= 15 is 0 Å². The van der Waals surface area contributed by atoms with E-state index in [1.54, 1.807) is 19.6 Å². The van der Waals surface area contributed by atoms with Gasteiger partial charge in [-0.15, -0.1) is 0 Å². The molecule has 0 spiro atoms. The Balaban J connectivity index is 2.19. The molecule has 1 aromatic carbocycles. The van der Waals surface area contributed by atoms with Crippen LogP contribution in [0.3, 0.4) is 0 Å². The number of methoxy groups -OCH3 is 1. The van der Waals surface area contributed by atoms with Crippen molar-refractivity contribution in [1.82, 2.24) is 4.98 Å². The molecule has 1 N–H and O–H groups in total.